The Kier molecular flexibility index (Phi) is 4.99. The molecule has 0 heterocycles. The molecule has 2 aromatic rings. The van der Waals surface area contributed by atoms with E-state index in [1.807, 2.05) is 0 Å². The number of carbonyl (C=O) groups is 2. The van der Waals surface area contributed by atoms with E-state index in [9.17, 15) is 35.5 Å². The van der Waals surface area contributed by atoms with Gasteiger partial charge >= 0.3 is 0 Å². The molecule has 12 heteroatoms. The molecule has 0 aliphatic heterocycles. The zero-order valence-corrected chi connectivity index (χ0v) is 16.8. The average Bonchev–Trinajstić information content (AvgIpc) is 2.86. The van der Waals surface area contributed by atoms with E-state index in [1.165, 1.54) is 26.0 Å². The van der Waals surface area contributed by atoms with Gasteiger partial charge in [-0.25, -0.2) is 0 Å². The fourth-order valence-electron chi connectivity index (χ4n) is 3.25. The first kappa shape index (κ1) is 20.9. The molecule has 0 atom stereocenters. The van der Waals surface area contributed by atoms with Gasteiger partial charge in [-0.05, 0) is 52.9 Å². The monoisotopic (exact) mass is 440 g/mol. The van der Waals surface area contributed by atoms with Crippen molar-refractivity contribution in [1.82, 2.24) is 0 Å². The highest BCUT2D eigenvalue weighted by Crippen LogP contribution is 2.43. The van der Waals surface area contributed by atoms with Crippen molar-refractivity contribution < 1.29 is 35.5 Å². The third-order valence-corrected chi connectivity index (χ3v) is 6.05. The number of fused-ring (bicyclic) bond motifs is 3. The minimum atomic E-state index is -4.71. The lowest BCUT2D eigenvalue weighted by atomic mass is 10.0. The number of hydrogen-bond donors (Lipinski definition) is 4. The molecular formula is C17H16N2O8S2. The second-order valence-corrected chi connectivity index (χ2v) is 9.28. The summed E-state index contributed by atoms with van der Waals surface area (Å²) in [4.78, 5) is 21.7. The fraction of sp³-hybridized carbons (Fsp3) is 0.176. The standard InChI is InChI=1S/C17H16N2O8S2/c1-8(20)18-14-4-10-3-11-5-15(19-9(2)21)17(29(25,26)27)7-13(11)12(10)6-16(14)28(22,23)24/h4-7H,3H2,1-2H3,(H,18,20)(H,19,21)(H,22,23,24)(H,25,26,27). The predicted molar refractivity (Wildman–Crippen MR) is 103 cm³/mol. The molecule has 10 nitrogen and oxygen atoms in total. The lowest BCUT2D eigenvalue weighted by Crippen LogP contribution is -2.11. The first-order chi connectivity index (χ1) is 13.3. The first-order valence-electron chi connectivity index (χ1n) is 8.11. The summed E-state index contributed by atoms with van der Waals surface area (Å²) < 4.78 is 66.1. The van der Waals surface area contributed by atoms with Crippen LogP contribution >= 0.6 is 0 Å². The van der Waals surface area contributed by atoms with E-state index in [0.717, 1.165) is 12.1 Å². The Morgan fingerprint density at radius 2 is 1.10 bits per heavy atom. The van der Waals surface area contributed by atoms with Crippen molar-refractivity contribution in [3.05, 3.63) is 35.4 Å². The Bertz CT molecular complexity index is 1180. The lowest BCUT2D eigenvalue weighted by molar-refractivity contribution is -0.115. The van der Waals surface area contributed by atoms with Crippen molar-refractivity contribution in [1.29, 1.82) is 0 Å². The predicted octanol–water partition coefficient (Wildman–Crippen LogP) is 1.67. The van der Waals surface area contributed by atoms with Gasteiger partial charge in [-0.1, -0.05) is 0 Å². The van der Waals surface area contributed by atoms with Crippen molar-refractivity contribution in [2.24, 2.45) is 0 Å². The summed E-state index contributed by atoms with van der Waals surface area (Å²) in [6.45, 7) is 2.35. The number of anilines is 2. The van der Waals surface area contributed by atoms with Crippen molar-refractivity contribution in [3.8, 4) is 11.1 Å². The van der Waals surface area contributed by atoms with Crippen molar-refractivity contribution >= 4 is 43.4 Å². The molecule has 2 aromatic carbocycles. The SMILES string of the molecule is CC(=O)Nc1cc2c(cc1S(=O)(=O)O)-c1cc(S(=O)(=O)O)c(NC(C)=O)cc1C2. The van der Waals surface area contributed by atoms with Gasteiger partial charge in [-0.3, -0.25) is 18.7 Å². The van der Waals surface area contributed by atoms with Crippen LogP contribution < -0.4 is 10.6 Å². The zero-order chi connectivity index (χ0) is 21.7. The van der Waals surface area contributed by atoms with Crippen molar-refractivity contribution in [2.75, 3.05) is 10.6 Å². The summed E-state index contributed by atoms with van der Waals surface area (Å²) in [5.74, 6) is -1.10. The first-order valence-corrected chi connectivity index (χ1v) is 11.0. The molecule has 1 aliphatic carbocycles. The second-order valence-electron chi connectivity index (χ2n) is 6.50. The van der Waals surface area contributed by atoms with Crippen molar-refractivity contribution in [3.63, 3.8) is 0 Å². The summed E-state index contributed by atoms with van der Waals surface area (Å²) >= 11 is 0. The maximum absolute atomic E-state index is 11.8. The van der Waals surface area contributed by atoms with Gasteiger partial charge in [0.05, 0.1) is 11.4 Å². The Balaban J connectivity index is 2.28. The molecule has 0 aromatic heterocycles. The fourth-order valence-corrected chi connectivity index (χ4v) is 4.56. The van der Waals surface area contributed by atoms with Gasteiger partial charge in [0, 0.05) is 13.8 Å². The molecule has 1 aliphatic rings. The number of carbonyl (C=O) groups excluding carboxylic acids is 2. The van der Waals surface area contributed by atoms with Gasteiger partial charge in [0.15, 0.2) is 0 Å². The number of rotatable bonds is 4. The highest BCUT2D eigenvalue weighted by molar-refractivity contribution is 7.86. The van der Waals surface area contributed by atoms with Crippen LogP contribution in [0.1, 0.15) is 25.0 Å². The molecule has 4 N–H and O–H groups in total. The highest BCUT2D eigenvalue weighted by atomic mass is 32.2. The van der Waals surface area contributed by atoms with Crippen LogP contribution in [0.5, 0.6) is 0 Å². The molecule has 29 heavy (non-hydrogen) atoms. The maximum atomic E-state index is 11.8. The molecule has 2 amide bonds. The number of hydrogen-bond acceptors (Lipinski definition) is 6. The third-order valence-electron chi connectivity index (χ3n) is 4.26. The summed E-state index contributed by atoms with van der Waals surface area (Å²) in [7, 11) is -9.41. The van der Waals surface area contributed by atoms with Gasteiger partial charge in [-0.15, -0.1) is 0 Å². The molecule has 0 radical (unpaired) electrons. The molecule has 0 bridgehead atoms. The molecule has 0 saturated carbocycles. The van der Waals surface area contributed by atoms with Crippen LogP contribution in [0.25, 0.3) is 11.1 Å². The Morgan fingerprint density at radius 1 is 0.759 bits per heavy atom. The van der Waals surface area contributed by atoms with Crippen LogP contribution in [0.2, 0.25) is 0 Å². The minimum Gasteiger partial charge on any atom is -0.325 e. The van der Waals surface area contributed by atoms with E-state index in [4.69, 9.17) is 0 Å². The van der Waals surface area contributed by atoms with E-state index < -0.39 is 41.8 Å². The van der Waals surface area contributed by atoms with E-state index in [0.29, 0.717) is 22.3 Å². The van der Waals surface area contributed by atoms with Gasteiger partial charge in [0.25, 0.3) is 20.2 Å². The lowest BCUT2D eigenvalue weighted by Gasteiger charge is -2.12. The summed E-state index contributed by atoms with van der Waals surface area (Å²) in [6.07, 6.45) is 0.237. The van der Waals surface area contributed by atoms with Gasteiger partial charge < -0.3 is 10.6 Å². The smallest absolute Gasteiger partial charge is 0.296 e. The van der Waals surface area contributed by atoms with Crippen LogP contribution in [-0.2, 0) is 36.2 Å². The quantitative estimate of drug-likeness (QED) is 0.444. The summed E-state index contributed by atoms with van der Waals surface area (Å²) in [5, 5.41) is 4.68. The van der Waals surface area contributed by atoms with Crippen LogP contribution in [0.3, 0.4) is 0 Å². The Morgan fingerprint density at radius 3 is 1.38 bits per heavy atom. The largest absolute Gasteiger partial charge is 0.325 e. The molecule has 0 fully saturated rings. The van der Waals surface area contributed by atoms with Crippen molar-refractivity contribution in [2.45, 2.75) is 30.1 Å². The second kappa shape index (κ2) is 6.91. The third kappa shape index (κ3) is 4.15. The van der Waals surface area contributed by atoms with Crippen LogP contribution in [0.4, 0.5) is 11.4 Å². The molecule has 154 valence electrons. The Labute approximate surface area is 166 Å². The average molecular weight is 440 g/mol. The van der Waals surface area contributed by atoms with E-state index in [-0.39, 0.29) is 17.8 Å². The van der Waals surface area contributed by atoms with Crippen LogP contribution in [0.15, 0.2) is 34.1 Å². The highest BCUT2D eigenvalue weighted by Gasteiger charge is 2.28. The topological polar surface area (TPSA) is 167 Å². The van der Waals surface area contributed by atoms with Gasteiger partial charge in [0.2, 0.25) is 11.8 Å². The number of nitrogens with one attached hydrogen (secondary N) is 2. The minimum absolute atomic E-state index is 0.122. The molecule has 0 unspecified atom stereocenters. The van der Waals surface area contributed by atoms with Crippen LogP contribution in [-0.4, -0.2) is 37.8 Å². The van der Waals surface area contributed by atoms with Crippen LogP contribution in [0, 0.1) is 0 Å². The zero-order valence-electron chi connectivity index (χ0n) is 15.2. The summed E-state index contributed by atoms with van der Waals surface area (Å²) in [6, 6.07) is 4.97. The molecule has 0 saturated heterocycles. The summed E-state index contributed by atoms with van der Waals surface area (Å²) in [5.41, 5.74) is 1.48. The molecule has 3 rings (SSSR count). The van der Waals surface area contributed by atoms with Gasteiger partial charge in [-0.2, -0.15) is 16.8 Å². The van der Waals surface area contributed by atoms with E-state index in [1.54, 1.807) is 0 Å². The Hall–Kier alpha value is -2.80. The van der Waals surface area contributed by atoms with E-state index >= 15 is 0 Å². The normalized spacial score (nSPS) is 12.8. The maximum Gasteiger partial charge on any atom is 0.296 e. The number of benzene rings is 2. The van der Waals surface area contributed by atoms with Gasteiger partial charge in [0.1, 0.15) is 9.79 Å². The molecule has 0 spiro atoms. The molecular weight excluding hydrogens is 424 g/mol. The van der Waals surface area contributed by atoms with E-state index in [2.05, 4.69) is 10.6 Å². The number of amides is 2.